The van der Waals surface area contributed by atoms with Crippen LogP contribution in [0, 0.1) is 0 Å². The molecule has 29 heavy (non-hydrogen) atoms. The molecule has 5 heteroatoms. The number of allylic oxidation sites excluding steroid dienone is 3. The summed E-state index contributed by atoms with van der Waals surface area (Å²) >= 11 is 0. The van der Waals surface area contributed by atoms with Gasteiger partial charge in [-0.25, -0.2) is 4.79 Å². The van der Waals surface area contributed by atoms with Crippen LogP contribution in [0.25, 0.3) is 0 Å². The Labute approximate surface area is 170 Å². The fraction of sp³-hybridized carbons (Fsp3) is 0.250. The Bertz CT molecular complexity index is 928. The second kappa shape index (κ2) is 9.73. The summed E-state index contributed by atoms with van der Waals surface area (Å²) in [6.07, 6.45) is 9.29. The number of cyclic esters (lactones) is 1. The van der Waals surface area contributed by atoms with Crippen molar-refractivity contribution in [3.63, 3.8) is 0 Å². The van der Waals surface area contributed by atoms with Gasteiger partial charge in [-0.3, -0.25) is 4.79 Å². The number of aromatic hydroxyl groups is 2. The number of carbonyl (C=O) groups is 2. The fourth-order valence-corrected chi connectivity index (χ4v) is 3.32. The molecule has 1 atom stereocenters. The van der Waals surface area contributed by atoms with Gasteiger partial charge in [-0.05, 0) is 36.1 Å². The fourth-order valence-electron chi connectivity index (χ4n) is 3.32. The van der Waals surface area contributed by atoms with Gasteiger partial charge in [-0.2, -0.15) is 0 Å². The van der Waals surface area contributed by atoms with E-state index in [2.05, 4.69) is 0 Å². The highest BCUT2D eigenvalue weighted by Crippen LogP contribution is 2.29. The molecule has 0 amide bonds. The SMILES string of the molecule is O=C1C=CCCC=CC[C@@H](Cc2ccccc2)OC(=O)c2c(O)cc(O)cc2C1. The van der Waals surface area contributed by atoms with Crippen LogP contribution in [0.2, 0.25) is 0 Å². The van der Waals surface area contributed by atoms with E-state index in [9.17, 15) is 19.8 Å². The molecule has 0 fully saturated rings. The predicted molar refractivity (Wildman–Crippen MR) is 110 cm³/mol. The van der Waals surface area contributed by atoms with Crippen molar-refractivity contribution in [2.24, 2.45) is 0 Å². The van der Waals surface area contributed by atoms with Gasteiger partial charge in [0.1, 0.15) is 23.2 Å². The molecule has 2 N–H and O–H groups in total. The number of benzene rings is 2. The molecule has 0 radical (unpaired) electrons. The van der Waals surface area contributed by atoms with Crippen LogP contribution in [-0.4, -0.2) is 28.1 Å². The van der Waals surface area contributed by atoms with Gasteiger partial charge in [0.15, 0.2) is 5.78 Å². The number of phenols is 2. The number of ether oxygens (including phenoxy) is 1. The molecule has 0 bridgehead atoms. The van der Waals surface area contributed by atoms with Gasteiger partial charge in [0, 0.05) is 25.3 Å². The van der Waals surface area contributed by atoms with Crippen molar-refractivity contribution in [3.05, 3.63) is 83.5 Å². The van der Waals surface area contributed by atoms with E-state index in [1.165, 1.54) is 12.1 Å². The van der Waals surface area contributed by atoms with Crippen LogP contribution in [-0.2, 0) is 22.4 Å². The van der Waals surface area contributed by atoms with Crippen LogP contribution in [0.15, 0.2) is 66.8 Å². The lowest BCUT2D eigenvalue weighted by molar-refractivity contribution is -0.114. The summed E-state index contributed by atoms with van der Waals surface area (Å²) in [6, 6.07) is 12.1. The lowest BCUT2D eigenvalue weighted by Crippen LogP contribution is -2.22. The van der Waals surface area contributed by atoms with Gasteiger partial charge < -0.3 is 14.9 Å². The number of hydrogen-bond donors (Lipinski definition) is 2. The van der Waals surface area contributed by atoms with E-state index >= 15 is 0 Å². The van der Waals surface area contributed by atoms with Gasteiger partial charge in [-0.15, -0.1) is 0 Å². The van der Waals surface area contributed by atoms with Crippen LogP contribution in [0.3, 0.4) is 0 Å². The average Bonchev–Trinajstić information content (AvgIpc) is 2.66. The summed E-state index contributed by atoms with van der Waals surface area (Å²) in [7, 11) is 0. The first-order valence-corrected chi connectivity index (χ1v) is 9.67. The number of hydrogen-bond acceptors (Lipinski definition) is 5. The molecule has 1 heterocycles. The predicted octanol–water partition coefficient (Wildman–Crippen LogP) is 4.27. The highest BCUT2D eigenvalue weighted by molar-refractivity contribution is 5.98. The number of phenolic OH excluding ortho intramolecular Hbond substituents is 2. The van der Waals surface area contributed by atoms with Crippen molar-refractivity contribution in [2.75, 3.05) is 0 Å². The molecule has 0 spiro atoms. The van der Waals surface area contributed by atoms with Gasteiger partial charge in [0.25, 0.3) is 0 Å². The first kappa shape index (κ1) is 20.4. The Morgan fingerprint density at radius 3 is 2.52 bits per heavy atom. The summed E-state index contributed by atoms with van der Waals surface area (Å²) in [5.74, 6) is -1.54. The molecule has 5 nitrogen and oxygen atoms in total. The first-order chi connectivity index (χ1) is 14.0. The number of rotatable bonds is 2. The maximum atomic E-state index is 12.9. The Balaban J connectivity index is 1.93. The van der Waals surface area contributed by atoms with Crippen molar-refractivity contribution >= 4 is 11.8 Å². The average molecular weight is 392 g/mol. The molecule has 2 aromatic rings. The van der Waals surface area contributed by atoms with Gasteiger partial charge in [0.05, 0.1) is 0 Å². The quantitative estimate of drug-likeness (QED) is 0.589. The Morgan fingerprint density at radius 2 is 1.72 bits per heavy atom. The van der Waals surface area contributed by atoms with E-state index in [-0.39, 0.29) is 29.1 Å². The van der Waals surface area contributed by atoms with E-state index in [0.29, 0.717) is 12.8 Å². The van der Waals surface area contributed by atoms with Crippen LogP contribution < -0.4 is 0 Å². The third kappa shape index (κ3) is 5.82. The molecular formula is C24H24O5. The van der Waals surface area contributed by atoms with E-state index < -0.39 is 17.8 Å². The molecule has 1 aliphatic rings. The maximum absolute atomic E-state index is 12.9. The second-order valence-corrected chi connectivity index (χ2v) is 7.05. The van der Waals surface area contributed by atoms with E-state index in [0.717, 1.165) is 24.5 Å². The van der Waals surface area contributed by atoms with E-state index in [4.69, 9.17) is 4.74 Å². The van der Waals surface area contributed by atoms with E-state index in [1.807, 2.05) is 42.5 Å². The van der Waals surface area contributed by atoms with Crippen LogP contribution in [0.4, 0.5) is 0 Å². The van der Waals surface area contributed by atoms with Crippen molar-refractivity contribution < 1.29 is 24.5 Å². The third-order valence-corrected chi connectivity index (χ3v) is 4.70. The number of esters is 1. The molecule has 3 rings (SSSR count). The van der Waals surface area contributed by atoms with Crippen molar-refractivity contribution in [2.45, 2.75) is 38.2 Å². The molecular weight excluding hydrogens is 368 g/mol. The lowest BCUT2D eigenvalue weighted by atomic mass is 9.99. The number of ketones is 1. The molecule has 0 aromatic heterocycles. The smallest absolute Gasteiger partial charge is 0.342 e. The topological polar surface area (TPSA) is 83.8 Å². The highest BCUT2D eigenvalue weighted by Gasteiger charge is 2.23. The third-order valence-electron chi connectivity index (χ3n) is 4.70. The summed E-state index contributed by atoms with van der Waals surface area (Å²) in [4.78, 5) is 25.1. The summed E-state index contributed by atoms with van der Waals surface area (Å²) < 4.78 is 5.72. The number of carbonyl (C=O) groups excluding carboxylic acids is 2. The molecule has 150 valence electrons. The van der Waals surface area contributed by atoms with E-state index in [1.54, 1.807) is 6.08 Å². The number of fused-ring (bicyclic) bond motifs is 1. The van der Waals surface area contributed by atoms with Crippen molar-refractivity contribution in [1.29, 1.82) is 0 Å². The minimum absolute atomic E-state index is 0.0800. The zero-order valence-corrected chi connectivity index (χ0v) is 16.1. The lowest BCUT2D eigenvalue weighted by Gasteiger charge is -2.19. The zero-order chi connectivity index (χ0) is 20.6. The van der Waals surface area contributed by atoms with Gasteiger partial charge in [-0.1, -0.05) is 48.6 Å². The van der Waals surface area contributed by atoms with Gasteiger partial charge in [0.2, 0.25) is 0 Å². The van der Waals surface area contributed by atoms with Crippen molar-refractivity contribution in [3.8, 4) is 11.5 Å². The van der Waals surface area contributed by atoms with Crippen LogP contribution >= 0.6 is 0 Å². The second-order valence-electron chi connectivity index (χ2n) is 7.05. The monoisotopic (exact) mass is 392 g/mol. The Kier molecular flexibility index (Phi) is 6.85. The highest BCUT2D eigenvalue weighted by atomic mass is 16.5. The normalized spacial score (nSPS) is 18.0. The first-order valence-electron chi connectivity index (χ1n) is 9.67. The Hall–Kier alpha value is -3.34. The molecule has 2 aromatic carbocycles. The van der Waals surface area contributed by atoms with Gasteiger partial charge >= 0.3 is 5.97 Å². The summed E-state index contributed by atoms with van der Waals surface area (Å²) in [5, 5.41) is 20.1. The molecule has 0 aliphatic carbocycles. The molecule has 1 aliphatic heterocycles. The largest absolute Gasteiger partial charge is 0.508 e. The molecule has 0 saturated carbocycles. The maximum Gasteiger partial charge on any atom is 0.342 e. The minimum atomic E-state index is -0.708. The van der Waals surface area contributed by atoms with Crippen LogP contribution in [0.5, 0.6) is 11.5 Å². The summed E-state index contributed by atoms with van der Waals surface area (Å²) in [5.41, 5.74) is 1.20. The molecule has 0 saturated heterocycles. The minimum Gasteiger partial charge on any atom is -0.508 e. The van der Waals surface area contributed by atoms with Crippen LogP contribution in [0.1, 0.15) is 40.7 Å². The Morgan fingerprint density at radius 1 is 0.966 bits per heavy atom. The summed E-state index contributed by atoms with van der Waals surface area (Å²) in [6.45, 7) is 0. The zero-order valence-electron chi connectivity index (χ0n) is 16.1. The molecule has 0 unspecified atom stereocenters. The standard InChI is InChI=1S/C24H24O5/c25-19-11-7-2-1-3-8-12-21(13-17-9-5-4-6-10-17)29-24(28)23-18(14-19)15-20(26)16-22(23)27/h3-11,15-16,21,26-27H,1-2,12-14H2/t21-/m0/s1. The van der Waals surface area contributed by atoms with Crippen molar-refractivity contribution in [1.82, 2.24) is 0 Å².